The molecule has 1 radical (unpaired) electrons. The highest BCUT2D eigenvalue weighted by Crippen LogP contribution is 2.39. The largest absolute Gasteiger partial charge is 0.369 e. The van der Waals surface area contributed by atoms with Gasteiger partial charge in [-0.2, -0.15) is 0 Å². The average Bonchev–Trinajstić information content (AvgIpc) is 3.06. The molecule has 1 aromatic heterocycles. The lowest BCUT2D eigenvalue weighted by molar-refractivity contribution is -0.122. The summed E-state index contributed by atoms with van der Waals surface area (Å²) in [5.74, 6) is -1.73. The first-order chi connectivity index (χ1) is 12.5. The maximum atomic E-state index is 13.3. The van der Waals surface area contributed by atoms with Crippen LogP contribution < -0.4 is 16.0 Å². The van der Waals surface area contributed by atoms with Gasteiger partial charge >= 0.3 is 0 Å². The number of nitrogens with two attached hydrogens (primary N) is 1. The molecule has 0 aliphatic carbocycles. The summed E-state index contributed by atoms with van der Waals surface area (Å²) >= 11 is 1.35. The second kappa shape index (κ2) is 7.82. The van der Waals surface area contributed by atoms with Crippen molar-refractivity contribution in [1.82, 2.24) is 4.98 Å². The zero-order chi connectivity index (χ0) is 18.7. The number of hydrogen-bond donors (Lipinski definition) is 2. The molecule has 0 bridgehead atoms. The van der Waals surface area contributed by atoms with Crippen LogP contribution in [0.4, 0.5) is 14.5 Å². The fourth-order valence-electron chi connectivity index (χ4n) is 2.78. The van der Waals surface area contributed by atoms with Gasteiger partial charge in [-0.1, -0.05) is 11.3 Å². The smallest absolute Gasteiger partial charge is 0.243 e. The molecule has 1 aromatic carbocycles. The van der Waals surface area contributed by atoms with Gasteiger partial charge in [0.2, 0.25) is 11.8 Å². The first-order valence-corrected chi connectivity index (χ1v) is 9.24. The summed E-state index contributed by atoms with van der Waals surface area (Å²) in [6.45, 7) is 3.20. The molecule has 2 heterocycles. The van der Waals surface area contributed by atoms with E-state index in [0.29, 0.717) is 10.8 Å². The van der Waals surface area contributed by atoms with Crippen molar-refractivity contribution in [3.05, 3.63) is 36.0 Å². The lowest BCUT2D eigenvalue weighted by Gasteiger charge is -2.27. The van der Waals surface area contributed by atoms with Gasteiger partial charge in [0.1, 0.15) is 22.4 Å². The van der Waals surface area contributed by atoms with Gasteiger partial charge in [-0.15, -0.1) is 0 Å². The maximum Gasteiger partial charge on any atom is 0.243 e. The van der Waals surface area contributed by atoms with Gasteiger partial charge in [0.05, 0.1) is 0 Å². The van der Waals surface area contributed by atoms with E-state index in [-0.39, 0.29) is 11.7 Å². The van der Waals surface area contributed by atoms with Crippen molar-refractivity contribution in [2.45, 2.75) is 26.2 Å². The lowest BCUT2D eigenvalue weighted by atomic mass is 10.1. The van der Waals surface area contributed by atoms with Gasteiger partial charge in [-0.25, -0.2) is 9.37 Å². The van der Waals surface area contributed by atoms with E-state index in [2.05, 4.69) is 15.2 Å². The topological polar surface area (TPSA) is 88.3 Å². The molecule has 1 saturated heterocycles. The number of rotatable bonds is 5. The quantitative estimate of drug-likeness (QED) is 0.787. The predicted molar refractivity (Wildman–Crippen MR) is 100 cm³/mol. The van der Waals surface area contributed by atoms with Crippen LogP contribution in [0, 0.1) is 11.7 Å². The van der Waals surface area contributed by atoms with Crippen molar-refractivity contribution in [1.29, 1.82) is 0 Å². The van der Waals surface area contributed by atoms with E-state index in [0.717, 1.165) is 36.5 Å². The Hall–Kier alpha value is -2.48. The van der Waals surface area contributed by atoms with E-state index in [1.165, 1.54) is 36.8 Å². The number of amides is 2. The molecule has 6 nitrogen and oxygen atoms in total. The van der Waals surface area contributed by atoms with E-state index < -0.39 is 11.8 Å². The summed E-state index contributed by atoms with van der Waals surface area (Å²) in [6.07, 6.45) is 3.38. The number of benzene rings is 1. The molecule has 2 amide bonds. The van der Waals surface area contributed by atoms with Crippen LogP contribution in [0.5, 0.6) is 0 Å². The summed E-state index contributed by atoms with van der Waals surface area (Å²) in [5.41, 5.74) is 6.63. The lowest BCUT2D eigenvalue weighted by Crippen LogP contribution is -2.30. The molecule has 1 aliphatic rings. The normalized spacial score (nSPS) is 14.5. The van der Waals surface area contributed by atoms with Gasteiger partial charge in [-0.05, 0) is 50.5 Å². The van der Waals surface area contributed by atoms with Crippen LogP contribution in [0.3, 0.4) is 0 Å². The van der Waals surface area contributed by atoms with Crippen molar-refractivity contribution < 1.29 is 14.0 Å². The van der Waals surface area contributed by atoms with Crippen LogP contribution in [0.2, 0.25) is 0 Å². The van der Waals surface area contributed by atoms with E-state index in [4.69, 9.17) is 5.73 Å². The first kappa shape index (κ1) is 18.3. The predicted octanol–water partition coefficient (Wildman–Crippen LogP) is 2.96. The minimum atomic E-state index is -0.769. The van der Waals surface area contributed by atoms with Crippen molar-refractivity contribution in [2.75, 3.05) is 23.3 Å². The zero-order valence-corrected chi connectivity index (χ0v) is 15.2. The van der Waals surface area contributed by atoms with Gasteiger partial charge in [0.15, 0.2) is 5.13 Å². The Bertz CT molecular complexity index is 800. The number of aromatic nitrogens is 1. The number of nitrogens with one attached hydrogen (secondary N) is 1. The summed E-state index contributed by atoms with van der Waals surface area (Å²) in [6, 6.07) is 6.12. The summed E-state index contributed by atoms with van der Waals surface area (Å²) in [7, 11) is 0. The van der Waals surface area contributed by atoms with Crippen LogP contribution in [-0.4, -0.2) is 29.9 Å². The molecule has 0 atom stereocenters. The molecule has 1 aliphatic heterocycles. The van der Waals surface area contributed by atoms with Crippen molar-refractivity contribution in [2.24, 2.45) is 5.73 Å². The number of carbonyl (C=O) groups is 2. The van der Waals surface area contributed by atoms with Crippen molar-refractivity contribution in [3.8, 4) is 11.3 Å². The van der Waals surface area contributed by atoms with E-state index >= 15 is 0 Å². The SMILES string of the molecule is C[C](C(N)=O)C(=O)Nc1nc(-c2ccc(F)cc2)c(N2CCCCC2)s1. The highest BCUT2D eigenvalue weighted by atomic mass is 32.1. The molecule has 0 spiro atoms. The van der Waals surface area contributed by atoms with Gasteiger partial charge in [0.25, 0.3) is 0 Å². The van der Waals surface area contributed by atoms with Crippen LogP contribution in [0.15, 0.2) is 24.3 Å². The first-order valence-electron chi connectivity index (χ1n) is 8.42. The second-order valence-corrected chi connectivity index (χ2v) is 7.15. The van der Waals surface area contributed by atoms with Crippen LogP contribution in [0.1, 0.15) is 26.2 Å². The van der Waals surface area contributed by atoms with E-state index in [1.54, 1.807) is 12.1 Å². The van der Waals surface area contributed by atoms with Crippen molar-refractivity contribution in [3.63, 3.8) is 0 Å². The standard InChI is InChI=1S/C18H20FN4O2S/c1-11(15(20)24)16(25)22-18-21-14(12-5-7-13(19)8-6-12)17(26-18)23-9-3-2-4-10-23/h5-8H,2-4,9-10H2,1H3,(H2,20,24)(H,21,22,25). The summed E-state index contributed by atoms with van der Waals surface area (Å²) in [5, 5.41) is 3.95. The number of nitrogens with zero attached hydrogens (tertiary/aromatic N) is 2. The molecule has 0 saturated carbocycles. The molecular formula is C18H20FN4O2S. The van der Waals surface area contributed by atoms with Crippen molar-refractivity contribution >= 4 is 33.3 Å². The van der Waals surface area contributed by atoms with Crippen LogP contribution in [-0.2, 0) is 9.59 Å². The van der Waals surface area contributed by atoms with E-state index in [1.807, 2.05) is 0 Å². The Kier molecular flexibility index (Phi) is 5.51. The second-order valence-electron chi connectivity index (χ2n) is 6.17. The molecule has 8 heteroatoms. The number of halogens is 1. The average molecular weight is 375 g/mol. The molecule has 3 N–H and O–H groups in total. The molecule has 0 unspecified atom stereocenters. The number of hydrogen-bond acceptors (Lipinski definition) is 5. The Morgan fingerprint density at radius 3 is 2.46 bits per heavy atom. The summed E-state index contributed by atoms with van der Waals surface area (Å²) < 4.78 is 13.3. The number of anilines is 2. The number of primary amides is 1. The van der Waals surface area contributed by atoms with Crippen LogP contribution >= 0.6 is 11.3 Å². The minimum absolute atomic E-state index is 0.0805. The Morgan fingerprint density at radius 1 is 1.19 bits per heavy atom. The van der Waals surface area contributed by atoms with Gasteiger partial charge < -0.3 is 16.0 Å². The monoisotopic (exact) mass is 375 g/mol. The highest BCUT2D eigenvalue weighted by molar-refractivity contribution is 7.20. The fraction of sp³-hybridized carbons (Fsp3) is 0.333. The maximum absolute atomic E-state index is 13.3. The van der Waals surface area contributed by atoms with Gasteiger partial charge in [-0.3, -0.25) is 9.59 Å². The van der Waals surface area contributed by atoms with Crippen LogP contribution in [0.25, 0.3) is 11.3 Å². The summed E-state index contributed by atoms with van der Waals surface area (Å²) in [4.78, 5) is 30.0. The minimum Gasteiger partial charge on any atom is -0.369 e. The third-order valence-corrected chi connectivity index (χ3v) is 5.33. The number of carbonyl (C=O) groups excluding carboxylic acids is 2. The third kappa shape index (κ3) is 4.01. The molecule has 2 aromatic rings. The molecular weight excluding hydrogens is 355 g/mol. The molecule has 3 rings (SSSR count). The fourth-order valence-corrected chi connectivity index (χ4v) is 3.81. The molecule has 26 heavy (non-hydrogen) atoms. The zero-order valence-electron chi connectivity index (χ0n) is 14.4. The van der Waals surface area contributed by atoms with E-state index in [9.17, 15) is 14.0 Å². The Labute approximate surface area is 155 Å². The number of piperidine rings is 1. The molecule has 137 valence electrons. The highest BCUT2D eigenvalue weighted by Gasteiger charge is 2.24. The molecule has 1 fully saturated rings. The third-order valence-electron chi connectivity index (χ3n) is 4.30. The Balaban J connectivity index is 1.93. The number of thiazole rings is 1. The Morgan fingerprint density at radius 2 is 1.85 bits per heavy atom. The van der Waals surface area contributed by atoms with Gasteiger partial charge in [0, 0.05) is 18.7 Å².